The van der Waals surface area contributed by atoms with Crippen LogP contribution in [0, 0.1) is 0 Å². The molecule has 0 aliphatic carbocycles. The molecule has 1 amide bonds. The molecule has 30 heavy (non-hydrogen) atoms. The number of amides is 1. The van der Waals surface area contributed by atoms with E-state index >= 15 is 0 Å². The van der Waals surface area contributed by atoms with Crippen molar-refractivity contribution in [3.8, 4) is 0 Å². The first kappa shape index (κ1) is 19.0. The van der Waals surface area contributed by atoms with Gasteiger partial charge in [-0.05, 0) is 30.2 Å². The van der Waals surface area contributed by atoms with Crippen LogP contribution in [0.3, 0.4) is 0 Å². The van der Waals surface area contributed by atoms with Crippen LogP contribution in [0.5, 0.6) is 0 Å². The second-order valence-corrected chi connectivity index (χ2v) is 8.02. The molecule has 3 heterocycles. The molecule has 7 nitrogen and oxygen atoms in total. The number of piperazine rings is 1. The van der Waals surface area contributed by atoms with E-state index in [2.05, 4.69) is 25.8 Å². The molecule has 2 N–H and O–H groups in total. The van der Waals surface area contributed by atoms with Gasteiger partial charge in [-0.2, -0.15) is 0 Å². The Morgan fingerprint density at radius 2 is 1.63 bits per heavy atom. The number of nitrogen functional groups attached to an aromatic ring is 1. The number of carbonyl (C=O) groups is 1. The molecule has 0 atom stereocenters. The average Bonchev–Trinajstić information content (AvgIpc) is 3.20. The molecule has 0 radical (unpaired) electrons. The lowest BCUT2D eigenvalue weighted by Crippen LogP contribution is -2.49. The SMILES string of the molecule is Nc1nc(CN2CCN(CC(=O)N3CCc4ccccc43)CC2)nc2ccccc12. The highest BCUT2D eigenvalue weighted by Gasteiger charge is 2.27. The summed E-state index contributed by atoms with van der Waals surface area (Å²) in [5.41, 5.74) is 9.34. The van der Waals surface area contributed by atoms with Crippen molar-refractivity contribution in [1.82, 2.24) is 19.8 Å². The summed E-state index contributed by atoms with van der Waals surface area (Å²) in [5, 5.41) is 0.896. The van der Waals surface area contributed by atoms with Gasteiger partial charge in [-0.15, -0.1) is 0 Å². The van der Waals surface area contributed by atoms with E-state index in [-0.39, 0.29) is 5.91 Å². The molecule has 0 spiro atoms. The van der Waals surface area contributed by atoms with Crippen LogP contribution in [-0.2, 0) is 17.8 Å². The normalized spacial score (nSPS) is 17.4. The summed E-state index contributed by atoms with van der Waals surface area (Å²) in [6.45, 7) is 5.45. The Bertz CT molecular complexity index is 1080. The van der Waals surface area contributed by atoms with E-state index < -0.39 is 0 Å². The van der Waals surface area contributed by atoms with Gasteiger partial charge in [-0.3, -0.25) is 14.6 Å². The molecule has 0 unspecified atom stereocenters. The summed E-state index contributed by atoms with van der Waals surface area (Å²) < 4.78 is 0. The third-order valence-electron chi connectivity index (χ3n) is 6.06. The van der Waals surface area contributed by atoms with E-state index in [0.717, 1.165) is 61.6 Å². The zero-order chi connectivity index (χ0) is 20.5. The Morgan fingerprint density at radius 1 is 0.900 bits per heavy atom. The van der Waals surface area contributed by atoms with E-state index in [1.807, 2.05) is 47.4 Å². The fraction of sp³-hybridized carbons (Fsp3) is 0.348. The van der Waals surface area contributed by atoms with Gasteiger partial charge in [0.05, 0.1) is 18.6 Å². The van der Waals surface area contributed by atoms with Crippen molar-refractivity contribution in [2.45, 2.75) is 13.0 Å². The lowest BCUT2D eigenvalue weighted by molar-refractivity contribution is -0.120. The van der Waals surface area contributed by atoms with Crippen LogP contribution in [0.4, 0.5) is 11.5 Å². The number of benzene rings is 2. The third-order valence-corrected chi connectivity index (χ3v) is 6.06. The lowest BCUT2D eigenvalue weighted by Gasteiger charge is -2.34. The number of carbonyl (C=O) groups excluding carboxylic acids is 1. The van der Waals surface area contributed by atoms with Gasteiger partial charge in [0.1, 0.15) is 11.6 Å². The number of hydrogen-bond acceptors (Lipinski definition) is 6. The molecule has 5 rings (SSSR count). The van der Waals surface area contributed by atoms with Crippen LogP contribution >= 0.6 is 0 Å². The van der Waals surface area contributed by atoms with Crippen LogP contribution in [0.25, 0.3) is 10.9 Å². The molecule has 154 valence electrons. The van der Waals surface area contributed by atoms with Crippen molar-refractivity contribution in [1.29, 1.82) is 0 Å². The van der Waals surface area contributed by atoms with Crippen LogP contribution in [0.2, 0.25) is 0 Å². The molecule has 7 heteroatoms. The van der Waals surface area contributed by atoms with Gasteiger partial charge in [0.2, 0.25) is 5.91 Å². The molecule has 3 aromatic rings. The first-order chi connectivity index (χ1) is 14.7. The standard InChI is InChI=1S/C23H26N6O/c24-23-18-6-2-3-7-19(18)25-21(26-23)15-27-11-13-28(14-12-27)16-22(30)29-10-9-17-5-1-4-8-20(17)29/h1-8H,9-16H2,(H2,24,25,26). The molecule has 0 bridgehead atoms. The highest BCUT2D eigenvalue weighted by molar-refractivity contribution is 5.96. The molecule has 2 aromatic carbocycles. The zero-order valence-corrected chi connectivity index (χ0v) is 17.0. The predicted octanol–water partition coefficient (Wildman–Crippen LogP) is 1.92. The molecule has 1 saturated heterocycles. The molecule has 2 aliphatic rings. The average molecular weight is 403 g/mol. The quantitative estimate of drug-likeness (QED) is 0.718. The van der Waals surface area contributed by atoms with Gasteiger partial charge >= 0.3 is 0 Å². The third kappa shape index (κ3) is 3.74. The topological polar surface area (TPSA) is 78.6 Å². The summed E-state index contributed by atoms with van der Waals surface area (Å²) in [7, 11) is 0. The summed E-state index contributed by atoms with van der Waals surface area (Å²) in [6.07, 6.45) is 0.949. The number of nitrogens with two attached hydrogens (primary N) is 1. The molecule has 0 saturated carbocycles. The predicted molar refractivity (Wildman–Crippen MR) is 118 cm³/mol. The minimum absolute atomic E-state index is 0.194. The number of aromatic nitrogens is 2. The molecule has 1 aromatic heterocycles. The minimum atomic E-state index is 0.194. The van der Waals surface area contributed by atoms with Crippen molar-refractivity contribution >= 4 is 28.3 Å². The maximum Gasteiger partial charge on any atom is 0.241 e. The van der Waals surface area contributed by atoms with Crippen molar-refractivity contribution in [3.05, 3.63) is 59.9 Å². The Kier molecular flexibility index (Phi) is 5.06. The minimum Gasteiger partial charge on any atom is -0.383 e. The molecule has 2 aliphatic heterocycles. The number of nitrogens with zero attached hydrogens (tertiary/aromatic N) is 5. The first-order valence-corrected chi connectivity index (χ1v) is 10.5. The van der Waals surface area contributed by atoms with Gasteiger partial charge in [-0.1, -0.05) is 30.3 Å². The number of para-hydroxylation sites is 2. The lowest BCUT2D eigenvalue weighted by atomic mass is 10.2. The summed E-state index contributed by atoms with van der Waals surface area (Å²) >= 11 is 0. The summed E-state index contributed by atoms with van der Waals surface area (Å²) in [5.74, 6) is 1.48. The zero-order valence-electron chi connectivity index (χ0n) is 17.0. The van der Waals surface area contributed by atoms with Gasteiger partial charge in [-0.25, -0.2) is 9.97 Å². The van der Waals surface area contributed by atoms with Crippen molar-refractivity contribution in [2.24, 2.45) is 0 Å². The second-order valence-electron chi connectivity index (χ2n) is 8.02. The highest BCUT2D eigenvalue weighted by Crippen LogP contribution is 2.27. The molecular weight excluding hydrogens is 376 g/mol. The highest BCUT2D eigenvalue weighted by atomic mass is 16.2. The van der Waals surface area contributed by atoms with Crippen molar-refractivity contribution in [3.63, 3.8) is 0 Å². The Balaban J connectivity index is 1.17. The van der Waals surface area contributed by atoms with Gasteiger partial charge < -0.3 is 10.6 Å². The number of anilines is 2. The fourth-order valence-corrected chi connectivity index (χ4v) is 4.40. The Morgan fingerprint density at radius 3 is 2.50 bits per heavy atom. The van der Waals surface area contributed by atoms with Crippen LogP contribution in [0.15, 0.2) is 48.5 Å². The van der Waals surface area contributed by atoms with Crippen molar-refractivity contribution in [2.75, 3.05) is 49.9 Å². The van der Waals surface area contributed by atoms with Crippen LogP contribution in [0.1, 0.15) is 11.4 Å². The Labute approximate surface area is 176 Å². The van der Waals surface area contributed by atoms with Gasteiger partial charge in [0.25, 0.3) is 0 Å². The van der Waals surface area contributed by atoms with E-state index in [4.69, 9.17) is 5.73 Å². The van der Waals surface area contributed by atoms with E-state index in [9.17, 15) is 4.79 Å². The number of hydrogen-bond donors (Lipinski definition) is 1. The van der Waals surface area contributed by atoms with E-state index in [0.29, 0.717) is 18.9 Å². The second kappa shape index (κ2) is 8.01. The monoisotopic (exact) mass is 402 g/mol. The summed E-state index contributed by atoms with van der Waals surface area (Å²) in [4.78, 5) is 28.5. The Hall–Kier alpha value is -3.03. The molecular formula is C23H26N6O. The maximum absolute atomic E-state index is 12.8. The van der Waals surface area contributed by atoms with Crippen molar-refractivity contribution < 1.29 is 4.79 Å². The smallest absolute Gasteiger partial charge is 0.241 e. The summed E-state index contributed by atoms with van der Waals surface area (Å²) in [6, 6.07) is 16.0. The van der Waals surface area contributed by atoms with Crippen LogP contribution < -0.4 is 10.6 Å². The number of fused-ring (bicyclic) bond motifs is 2. The first-order valence-electron chi connectivity index (χ1n) is 10.5. The van der Waals surface area contributed by atoms with Crippen LogP contribution in [-0.4, -0.2) is 64.9 Å². The largest absolute Gasteiger partial charge is 0.383 e. The van der Waals surface area contributed by atoms with E-state index in [1.54, 1.807) is 0 Å². The van der Waals surface area contributed by atoms with Gasteiger partial charge in [0, 0.05) is 43.8 Å². The number of rotatable bonds is 4. The van der Waals surface area contributed by atoms with Gasteiger partial charge in [0.15, 0.2) is 0 Å². The maximum atomic E-state index is 12.8. The molecule has 1 fully saturated rings. The van der Waals surface area contributed by atoms with E-state index in [1.165, 1.54) is 5.56 Å². The fourth-order valence-electron chi connectivity index (χ4n) is 4.40.